The van der Waals surface area contributed by atoms with E-state index in [1.807, 2.05) is 41.8 Å². The third kappa shape index (κ3) is 3.51. The molecular formula is C15H13BrN2O2S. The van der Waals surface area contributed by atoms with Crippen molar-refractivity contribution in [1.82, 2.24) is 5.32 Å². The topological polar surface area (TPSA) is 50.7 Å². The van der Waals surface area contributed by atoms with Crippen molar-refractivity contribution in [3.05, 3.63) is 56.7 Å². The maximum atomic E-state index is 12.1. The Balaban J connectivity index is 1.57. The van der Waals surface area contributed by atoms with E-state index in [9.17, 15) is 4.79 Å². The van der Waals surface area contributed by atoms with Gasteiger partial charge in [-0.05, 0) is 23.6 Å². The van der Waals surface area contributed by atoms with Crippen LogP contribution in [0.5, 0.6) is 0 Å². The number of thiophene rings is 1. The lowest BCUT2D eigenvalue weighted by atomic mass is 10.0. The summed E-state index contributed by atoms with van der Waals surface area (Å²) in [5, 5.41) is 8.89. The van der Waals surface area contributed by atoms with E-state index in [0.717, 1.165) is 20.6 Å². The third-order valence-electron chi connectivity index (χ3n) is 3.14. The van der Waals surface area contributed by atoms with Gasteiger partial charge in [0.15, 0.2) is 0 Å². The fourth-order valence-electron chi connectivity index (χ4n) is 2.06. The highest BCUT2D eigenvalue weighted by atomic mass is 79.9. The number of halogens is 1. The molecule has 1 aliphatic heterocycles. The Hall–Kier alpha value is -1.66. The lowest BCUT2D eigenvalue weighted by Gasteiger charge is -2.08. The van der Waals surface area contributed by atoms with Gasteiger partial charge in [-0.2, -0.15) is 0 Å². The first-order valence-electron chi connectivity index (χ1n) is 6.51. The zero-order chi connectivity index (χ0) is 14.7. The van der Waals surface area contributed by atoms with Gasteiger partial charge in [0, 0.05) is 21.3 Å². The first-order chi connectivity index (χ1) is 10.2. The Kier molecular flexibility index (Phi) is 4.36. The summed E-state index contributed by atoms with van der Waals surface area (Å²) in [6.07, 6.45) is -0.0499. The summed E-state index contributed by atoms with van der Waals surface area (Å²) >= 11 is 5.04. The van der Waals surface area contributed by atoms with E-state index >= 15 is 0 Å². The number of oxime groups is 1. The average molecular weight is 365 g/mol. The molecule has 1 atom stereocenters. The monoisotopic (exact) mass is 364 g/mol. The number of nitrogens with one attached hydrogen (secondary N) is 1. The van der Waals surface area contributed by atoms with Gasteiger partial charge < -0.3 is 10.2 Å². The lowest BCUT2D eigenvalue weighted by molar-refractivity contribution is -0.131. The van der Waals surface area contributed by atoms with Crippen molar-refractivity contribution < 1.29 is 9.63 Å². The number of nitrogens with zero attached hydrogens (tertiary/aromatic N) is 1. The Labute approximate surface area is 134 Å². The molecule has 0 aliphatic carbocycles. The molecular weight excluding hydrogens is 352 g/mol. The summed E-state index contributed by atoms with van der Waals surface area (Å²) in [5.41, 5.74) is 1.77. The van der Waals surface area contributed by atoms with Crippen LogP contribution < -0.4 is 5.32 Å². The summed E-state index contributed by atoms with van der Waals surface area (Å²) < 4.78 is 0.980. The predicted octanol–water partition coefficient (Wildman–Crippen LogP) is 3.32. The third-order valence-corrected chi connectivity index (χ3v) is 4.51. The molecule has 0 unspecified atom stereocenters. The molecule has 108 valence electrons. The standard InChI is InChI=1S/C15H13BrN2O2S/c16-11-4-1-3-10(7-11)13-8-14(20-18-13)15(19)17-9-12-5-2-6-21-12/h1-7,14H,8-9H2,(H,17,19)/t14-/m1/s1. The van der Waals surface area contributed by atoms with Crippen molar-refractivity contribution in [2.24, 2.45) is 5.16 Å². The van der Waals surface area contributed by atoms with Crippen molar-refractivity contribution in [2.75, 3.05) is 0 Å². The number of rotatable bonds is 4. The zero-order valence-electron chi connectivity index (χ0n) is 11.1. The van der Waals surface area contributed by atoms with Gasteiger partial charge in [-0.3, -0.25) is 4.79 Å². The number of carbonyl (C=O) groups is 1. The van der Waals surface area contributed by atoms with Crippen molar-refractivity contribution in [3.63, 3.8) is 0 Å². The molecule has 0 saturated carbocycles. The van der Waals surface area contributed by atoms with Crippen LogP contribution in [0.2, 0.25) is 0 Å². The van der Waals surface area contributed by atoms with Gasteiger partial charge in [0.05, 0.1) is 12.3 Å². The summed E-state index contributed by atoms with van der Waals surface area (Å²) in [4.78, 5) is 18.4. The zero-order valence-corrected chi connectivity index (χ0v) is 13.5. The molecule has 6 heteroatoms. The van der Waals surface area contributed by atoms with E-state index in [1.165, 1.54) is 0 Å². The quantitative estimate of drug-likeness (QED) is 0.904. The van der Waals surface area contributed by atoms with Crippen molar-refractivity contribution in [3.8, 4) is 0 Å². The van der Waals surface area contributed by atoms with Gasteiger partial charge >= 0.3 is 0 Å². The molecule has 0 bridgehead atoms. The second kappa shape index (κ2) is 6.41. The predicted molar refractivity (Wildman–Crippen MR) is 86.3 cm³/mol. The van der Waals surface area contributed by atoms with Gasteiger partial charge in [0.1, 0.15) is 0 Å². The number of hydrogen-bond donors (Lipinski definition) is 1. The molecule has 0 saturated heterocycles. The summed E-state index contributed by atoms with van der Waals surface area (Å²) in [7, 11) is 0. The van der Waals surface area contributed by atoms with Gasteiger partial charge in [0.2, 0.25) is 6.10 Å². The fraction of sp³-hybridized carbons (Fsp3) is 0.200. The first kappa shape index (κ1) is 14.3. The van der Waals surface area contributed by atoms with E-state index in [4.69, 9.17) is 4.84 Å². The van der Waals surface area contributed by atoms with Crippen molar-refractivity contribution in [2.45, 2.75) is 19.1 Å². The Morgan fingerprint density at radius 1 is 1.43 bits per heavy atom. The van der Waals surface area contributed by atoms with Gasteiger partial charge in [0.25, 0.3) is 5.91 Å². The number of hydrogen-bond acceptors (Lipinski definition) is 4. The molecule has 4 nitrogen and oxygen atoms in total. The second-order valence-electron chi connectivity index (χ2n) is 4.64. The Morgan fingerprint density at radius 3 is 3.10 bits per heavy atom. The van der Waals surface area contributed by atoms with Crippen LogP contribution in [0.1, 0.15) is 16.9 Å². The average Bonchev–Trinajstić information content (AvgIpc) is 3.16. The van der Waals surface area contributed by atoms with E-state index in [2.05, 4.69) is 26.4 Å². The molecule has 1 amide bonds. The van der Waals surface area contributed by atoms with Crippen LogP contribution in [0.4, 0.5) is 0 Å². The molecule has 21 heavy (non-hydrogen) atoms. The van der Waals surface area contributed by atoms with Crippen molar-refractivity contribution >= 4 is 38.9 Å². The molecule has 1 N–H and O–H groups in total. The van der Waals surface area contributed by atoms with Crippen LogP contribution in [0.25, 0.3) is 0 Å². The molecule has 0 radical (unpaired) electrons. The first-order valence-corrected chi connectivity index (χ1v) is 8.18. The van der Waals surface area contributed by atoms with Crippen LogP contribution in [-0.2, 0) is 16.2 Å². The lowest BCUT2D eigenvalue weighted by Crippen LogP contribution is -2.34. The van der Waals surface area contributed by atoms with Crippen LogP contribution in [0.3, 0.4) is 0 Å². The summed E-state index contributed by atoms with van der Waals surface area (Å²) in [6, 6.07) is 11.8. The van der Waals surface area contributed by atoms with Gasteiger partial charge in [-0.15, -0.1) is 11.3 Å². The second-order valence-corrected chi connectivity index (χ2v) is 6.59. The van der Waals surface area contributed by atoms with Crippen molar-refractivity contribution in [1.29, 1.82) is 0 Å². The number of amides is 1. The summed E-state index contributed by atoms with van der Waals surface area (Å²) in [6.45, 7) is 0.530. The maximum absolute atomic E-state index is 12.1. The minimum Gasteiger partial charge on any atom is -0.382 e. The molecule has 2 heterocycles. The van der Waals surface area contributed by atoms with E-state index in [-0.39, 0.29) is 5.91 Å². The van der Waals surface area contributed by atoms with E-state index < -0.39 is 6.10 Å². The molecule has 3 rings (SSSR count). The number of carbonyl (C=O) groups excluding carboxylic acids is 1. The molecule has 1 aliphatic rings. The molecule has 1 aromatic heterocycles. The van der Waals surface area contributed by atoms with Gasteiger partial charge in [-0.25, -0.2) is 0 Å². The SMILES string of the molecule is O=C(NCc1cccs1)[C@H]1CC(c2cccc(Br)c2)=NO1. The van der Waals surface area contributed by atoms with Crippen LogP contribution in [-0.4, -0.2) is 17.7 Å². The largest absolute Gasteiger partial charge is 0.382 e. The number of benzene rings is 1. The molecule has 0 fully saturated rings. The highest BCUT2D eigenvalue weighted by Gasteiger charge is 2.28. The van der Waals surface area contributed by atoms with Crippen LogP contribution >= 0.6 is 27.3 Å². The van der Waals surface area contributed by atoms with E-state index in [0.29, 0.717) is 13.0 Å². The molecule has 2 aromatic rings. The minimum atomic E-state index is -0.543. The van der Waals surface area contributed by atoms with Crippen LogP contribution in [0.15, 0.2) is 51.4 Å². The Bertz CT molecular complexity index is 670. The maximum Gasteiger partial charge on any atom is 0.264 e. The Morgan fingerprint density at radius 2 is 2.33 bits per heavy atom. The molecule has 0 spiro atoms. The normalized spacial score (nSPS) is 17.2. The minimum absolute atomic E-state index is 0.128. The highest BCUT2D eigenvalue weighted by molar-refractivity contribution is 9.10. The highest BCUT2D eigenvalue weighted by Crippen LogP contribution is 2.20. The summed E-state index contributed by atoms with van der Waals surface area (Å²) in [5.74, 6) is -0.128. The van der Waals surface area contributed by atoms with E-state index in [1.54, 1.807) is 11.3 Å². The smallest absolute Gasteiger partial charge is 0.264 e. The van der Waals surface area contributed by atoms with Gasteiger partial charge in [-0.1, -0.05) is 39.3 Å². The fourth-order valence-corrected chi connectivity index (χ4v) is 3.10. The molecule has 1 aromatic carbocycles. The van der Waals surface area contributed by atoms with Crippen LogP contribution in [0, 0.1) is 0 Å².